The SMILES string of the molecule is CC(C)(C)OC(=O)N1Cc2ccccc2C[C@@H]1C(=O)NC12CC3CC(CC(C3)C1)C2. The van der Waals surface area contributed by atoms with Crippen LogP contribution < -0.4 is 5.32 Å². The van der Waals surface area contributed by atoms with Gasteiger partial charge in [0.1, 0.15) is 11.6 Å². The first kappa shape index (κ1) is 19.9. The summed E-state index contributed by atoms with van der Waals surface area (Å²) in [4.78, 5) is 28.3. The molecule has 5 aliphatic rings. The molecule has 1 N–H and O–H groups in total. The number of benzene rings is 1. The van der Waals surface area contributed by atoms with Crippen LogP contribution in [0.5, 0.6) is 0 Å². The summed E-state index contributed by atoms with van der Waals surface area (Å²) >= 11 is 0. The normalized spacial score (nSPS) is 34.4. The number of amides is 2. The van der Waals surface area contributed by atoms with Gasteiger partial charge in [0.15, 0.2) is 0 Å². The number of hydrogen-bond donors (Lipinski definition) is 1. The molecule has 0 radical (unpaired) electrons. The summed E-state index contributed by atoms with van der Waals surface area (Å²) in [5.74, 6) is 2.30. The highest BCUT2D eigenvalue weighted by Gasteiger charge is 2.52. The van der Waals surface area contributed by atoms with Gasteiger partial charge in [-0.1, -0.05) is 24.3 Å². The van der Waals surface area contributed by atoms with E-state index in [1.807, 2.05) is 39.0 Å². The Hall–Kier alpha value is -2.04. The number of hydrogen-bond acceptors (Lipinski definition) is 3. The summed E-state index contributed by atoms with van der Waals surface area (Å²) < 4.78 is 5.67. The van der Waals surface area contributed by atoms with Gasteiger partial charge in [-0.2, -0.15) is 0 Å². The predicted octanol–water partition coefficient (Wildman–Crippen LogP) is 4.43. The van der Waals surface area contributed by atoms with Crippen LogP contribution in [-0.4, -0.2) is 34.1 Å². The Labute approximate surface area is 179 Å². The van der Waals surface area contributed by atoms with E-state index in [-0.39, 0.29) is 11.4 Å². The lowest BCUT2D eigenvalue weighted by molar-refractivity contribution is -0.132. The maximum Gasteiger partial charge on any atom is 0.411 e. The van der Waals surface area contributed by atoms with Crippen LogP contribution in [0.2, 0.25) is 0 Å². The van der Waals surface area contributed by atoms with Crippen LogP contribution in [0.4, 0.5) is 4.79 Å². The van der Waals surface area contributed by atoms with Crippen LogP contribution in [0.25, 0.3) is 0 Å². The van der Waals surface area contributed by atoms with E-state index in [1.165, 1.54) is 19.3 Å². The first-order chi connectivity index (χ1) is 14.2. The van der Waals surface area contributed by atoms with Gasteiger partial charge in [0.2, 0.25) is 5.91 Å². The molecule has 1 atom stereocenters. The summed E-state index contributed by atoms with van der Waals surface area (Å²) in [5.41, 5.74) is 1.61. The van der Waals surface area contributed by atoms with Crippen molar-refractivity contribution in [3.05, 3.63) is 35.4 Å². The first-order valence-electron chi connectivity index (χ1n) is 11.6. The van der Waals surface area contributed by atoms with Crippen LogP contribution in [0.3, 0.4) is 0 Å². The number of fused-ring (bicyclic) bond motifs is 1. The molecule has 4 fully saturated rings. The number of nitrogens with zero attached hydrogens (tertiary/aromatic N) is 1. The molecule has 0 aromatic heterocycles. The number of rotatable bonds is 2. The molecule has 4 bridgehead atoms. The van der Waals surface area contributed by atoms with Gasteiger partial charge in [-0.25, -0.2) is 4.79 Å². The van der Waals surface area contributed by atoms with Crippen molar-refractivity contribution in [2.75, 3.05) is 0 Å². The Morgan fingerprint density at radius 2 is 1.57 bits per heavy atom. The highest BCUT2D eigenvalue weighted by atomic mass is 16.6. The molecule has 0 saturated heterocycles. The summed E-state index contributed by atoms with van der Waals surface area (Å²) in [6.45, 7) is 6.03. The molecule has 0 unspecified atom stereocenters. The summed E-state index contributed by atoms with van der Waals surface area (Å²) in [7, 11) is 0. The lowest BCUT2D eigenvalue weighted by atomic mass is 9.53. The van der Waals surface area contributed by atoms with Crippen molar-refractivity contribution in [3.8, 4) is 0 Å². The molecular formula is C25H34N2O3. The number of carbonyl (C=O) groups is 2. The molecule has 1 aliphatic heterocycles. The van der Waals surface area contributed by atoms with Crippen LogP contribution in [0.1, 0.15) is 70.4 Å². The van der Waals surface area contributed by atoms with E-state index in [1.54, 1.807) is 4.90 Å². The lowest BCUT2D eigenvalue weighted by Gasteiger charge is -2.57. The molecule has 1 aromatic carbocycles. The van der Waals surface area contributed by atoms with Crippen LogP contribution in [0.15, 0.2) is 24.3 Å². The van der Waals surface area contributed by atoms with E-state index < -0.39 is 17.7 Å². The smallest absolute Gasteiger partial charge is 0.411 e. The molecule has 4 saturated carbocycles. The zero-order valence-corrected chi connectivity index (χ0v) is 18.4. The average molecular weight is 411 g/mol. The Balaban J connectivity index is 1.39. The van der Waals surface area contributed by atoms with E-state index in [4.69, 9.17) is 4.74 Å². The van der Waals surface area contributed by atoms with Crippen LogP contribution >= 0.6 is 0 Å². The fourth-order valence-electron chi connectivity index (χ4n) is 6.88. The molecule has 1 heterocycles. The zero-order chi connectivity index (χ0) is 21.1. The molecule has 4 aliphatic carbocycles. The molecule has 30 heavy (non-hydrogen) atoms. The Kier molecular flexibility index (Phi) is 4.64. The fraction of sp³-hybridized carbons (Fsp3) is 0.680. The lowest BCUT2D eigenvalue weighted by Crippen LogP contribution is -2.63. The van der Waals surface area contributed by atoms with Gasteiger partial charge in [-0.15, -0.1) is 0 Å². The maximum absolute atomic E-state index is 13.6. The van der Waals surface area contributed by atoms with E-state index in [2.05, 4.69) is 11.4 Å². The standard InChI is InChI=1S/C25H34N2O3/c1-24(2,3)30-23(29)27-15-20-7-5-4-6-19(20)11-21(27)22(28)26-25-12-16-8-17(13-25)10-18(9-16)14-25/h4-7,16-18,21H,8-15H2,1-3H3,(H,26,28)/t16?,17?,18?,21-,25?/m1/s1. The Bertz CT molecular complexity index is 821. The van der Waals surface area contributed by atoms with Crippen molar-refractivity contribution in [1.82, 2.24) is 10.2 Å². The minimum absolute atomic E-state index is 0.00249. The van der Waals surface area contributed by atoms with E-state index in [0.717, 1.165) is 48.1 Å². The van der Waals surface area contributed by atoms with Crippen molar-refractivity contribution in [2.45, 2.75) is 89.4 Å². The summed E-state index contributed by atoms with van der Waals surface area (Å²) in [6, 6.07) is 7.60. The third-order valence-corrected chi connectivity index (χ3v) is 7.61. The van der Waals surface area contributed by atoms with E-state index in [9.17, 15) is 9.59 Å². The molecule has 2 amide bonds. The van der Waals surface area contributed by atoms with Gasteiger partial charge in [0, 0.05) is 12.0 Å². The molecule has 5 heteroatoms. The number of carbonyl (C=O) groups excluding carboxylic acids is 2. The van der Waals surface area contributed by atoms with Crippen molar-refractivity contribution in [3.63, 3.8) is 0 Å². The average Bonchev–Trinajstić information content (AvgIpc) is 2.64. The summed E-state index contributed by atoms with van der Waals surface area (Å²) in [6.07, 6.45) is 7.51. The third kappa shape index (κ3) is 3.72. The van der Waals surface area contributed by atoms with Crippen LogP contribution in [0, 0.1) is 17.8 Å². The highest BCUT2D eigenvalue weighted by Crippen LogP contribution is 2.55. The van der Waals surface area contributed by atoms with Crippen molar-refractivity contribution in [1.29, 1.82) is 0 Å². The maximum atomic E-state index is 13.6. The number of ether oxygens (including phenoxy) is 1. The predicted molar refractivity (Wildman–Crippen MR) is 115 cm³/mol. The molecular weight excluding hydrogens is 376 g/mol. The largest absolute Gasteiger partial charge is 0.444 e. The topological polar surface area (TPSA) is 58.6 Å². The quantitative estimate of drug-likeness (QED) is 0.784. The van der Waals surface area contributed by atoms with Gasteiger partial charge in [-0.05, 0) is 88.2 Å². The minimum Gasteiger partial charge on any atom is -0.444 e. The van der Waals surface area contributed by atoms with Crippen molar-refractivity contribution < 1.29 is 14.3 Å². The Morgan fingerprint density at radius 3 is 2.13 bits per heavy atom. The monoisotopic (exact) mass is 410 g/mol. The fourth-order valence-corrected chi connectivity index (χ4v) is 6.88. The Morgan fingerprint density at radius 1 is 1.00 bits per heavy atom. The van der Waals surface area contributed by atoms with Gasteiger partial charge < -0.3 is 10.1 Å². The van der Waals surface area contributed by atoms with E-state index in [0.29, 0.717) is 13.0 Å². The van der Waals surface area contributed by atoms with E-state index >= 15 is 0 Å². The third-order valence-electron chi connectivity index (χ3n) is 7.61. The second kappa shape index (κ2) is 7.00. The molecule has 6 rings (SSSR count). The zero-order valence-electron chi connectivity index (χ0n) is 18.4. The molecule has 0 spiro atoms. The van der Waals surface area contributed by atoms with Gasteiger partial charge in [0.25, 0.3) is 0 Å². The number of nitrogens with one attached hydrogen (secondary N) is 1. The van der Waals surface area contributed by atoms with Gasteiger partial charge >= 0.3 is 6.09 Å². The molecule has 162 valence electrons. The summed E-state index contributed by atoms with van der Waals surface area (Å²) in [5, 5.41) is 3.48. The van der Waals surface area contributed by atoms with Crippen molar-refractivity contribution >= 4 is 12.0 Å². The van der Waals surface area contributed by atoms with Gasteiger partial charge in [-0.3, -0.25) is 9.69 Å². The molecule has 1 aromatic rings. The minimum atomic E-state index is -0.588. The highest BCUT2D eigenvalue weighted by molar-refractivity contribution is 5.87. The second-order valence-corrected chi connectivity index (χ2v) is 11.3. The van der Waals surface area contributed by atoms with Crippen LogP contribution in [-0.2, 0) is 22.5 Å². The second-order valence-electron chi connectivity index (χ2n) is 11.3. The van der Waals surface area contributed by atoms with Gasteiger partial charge in [0.05, 0.1) is 6.54 Å². The first-order valence-corrected chi connectivity index (χ1v) is 11.6. The van der Waals surface area contributed by atoms with Crippen molar-refractivity contribution in [2.24, 2.45) is 17.8 Å². The molecule has 5 nitrogen and oxygen atoms in total.